The van der Waals surface area contributed by atoms with E-state index in [-0.39, 0.29) is 19.8 Å². The molecular weight excluding hydrogens is 396 g/mol. The maximum absolute atomic E-state index is 9.19. The van der Waals surface area contributed by atoms with Crippen LogP contribution in [0.5, 0.6) is 0 Å². The lowest BCUT2D eigenvalue weighted by atomic mass is 9.88. The van der Waals surface area contributed by atoms with Crippen molar-refractivity contribution in [2.24, 2.45) is 5.41 Å². The summed E-state index contributed by atoms with van der Waals surface area (Å²) in [7, 11) is -11.0. The van der Waals surface area contributed by atoms with E-state index >= 15 is 0 Å². The van der Waals surface area contributed by atoms with Crippen LogP contribution in [-0.4, -0.2) is 92.8 Å². The van der Waals surface area contributed by atoms with Crippen molar-refractivity contribution in [2.45, 2.75) is 13.3 Å². The van der Waals surface area contributed by atoms with Crippen molar-refractivity contribution in [2.75, 3.05) is 38.6 Å². The van der Waals surface area contributed by atoms with Gasteiger partial charge in [0.25, 0.3) is 30.4 Å². The molecule has 0 aromatic rings. The molecule has 0 spiro atoms. The van der Waals surface area contributed by atoms with Crippen molar-refractivity contribution in [1.82, 2.24) is 0 Å². The average molecular weight is 422 g/mol. The van der Waals surface area contributed by atoms with Crippen molar-refractivity contribution in [3.05, 3.63) is 0 Å². The number of hydrogen-bond donors (Lipinski definition) is 6. The van der Waals surface area contributed by atoms with Gasteiger partial charge >= 0.3 is 0 Å². The standard InChI is InChI=1S/C6H14O3.3CH4O3S/c1-2-6(3-7,4-8)5-9;3*1-5(2,3)4/h7-9H,2-5H2,1H3;3*1H3,(H,2,3,4). The van der Waals surface area contributed by atoms with E-state index in [1.54, 1.807) is 0 Å². The Balaban J connectivity index is -0.000000116. The monoisotopic (exact) mass is 422 g/mol. The maximum Gasteiger partial charge on any atom is 0.261 e. The second-order valence-electron chi connectivity index (χ2n) is 4.53. The fourth-order valence-corrected chi connectivity index (χ4v) is 0.485. The second kappa shape index (κ2) is 13.9. The zero-order chi connectivity index (χ0) is 20.8. The topological polar surface area (TPSA) is 224 Å². The second-order valence-corrected chi connectivity index (χ2v) is 8.93. The Bertz CT molecular complexity index is 473. The molecule has 0 atom stereocenters. The largest absolute Gasteiger partial charge is 0.396 e. The minimum atomic E-state index is -3.67. The van der Waals surface area contributed by atoms with Crippen molar-refractivity contribution < 1.29 is 54.2 Å². The first-order valence-corrected chi connectivity index (χ1v) is 11.4. The van der Waals surface area contributed by atoms with Crippen molar-refractivity contribution >= 4 is 30.4 Å². The summed E-state index contributed by atoms with van der Waals surface area (Å²) in [5.41, 5.74) is -0.667. The van der Waals surface area contributed by atoms with E-state index in [2.05, 4.69) is 0 Å². The molecular formula is C9H26O12S3. The molecule has 6 N–H and O–H groups in total. The number of hydrogen-bond acceptors (Lipinski definition) is 9. The van der Waals surface area contributed by atoms with E-state index in [0.29, 0.717) is 25.2 Å². The van der Waals surface area contributed by atoms with Gasteiger partial charge in [0, 0.05) is 5.41 Å². The van der Waals surface area contributed by atoms with E-state index in [0.717, 1.165) is 0 Å². The van der Waals surface area contributed by atoms with Gasteiger partial charge in [0.2, 0.25) is 0 Å². The number of rotatable bonds is 4. The van der Waals surface area contributed by atoms with Crippen molar-refractivity contribution in [3.63, 3.8) is 0 Å². The summed E-state index contributed by atoms with van der Waals surface area (Å²) in [6.45, 7) is 1.35. The molecule has 0 saturated carbocycles. The Kier molecular flexibility index (Phi) is 18.1. The van der Waals surface area contributed by atoms with Gasteiger partial charge in [-0.25, -0.2) is 0 Å². The lowest BCUT2D eigenvalue weighted by molar-refractivity contribution is 0.00304. The van der Waals surface area contributed by atoms with E-state index in [1.165, 1.54) is 0 Å². The zero-order valence-corrected chi connectivity index (χ0v) is 16.1. The van der Waals surface area contributed by atoms with Crippen LogP contribution in [0.25, 0.3) is 0 Å². The quantitative estimate of drug-likeness (QED) is 0.267. The molecule has 0 radical (unpaired) electrons. The van der Waals surface area contributed by atoms with Crippen molar-refractivity contribution in [1.29, 1.82) is 0 Å². The minimum absolute atomic E-state index is 0.156. The summed E-state index contributed by atoms with van der Waals surface area (Å²) in [6.07, 6.45) is 2.74. The third-order valence-electron chi connectivity index (χ3n) is 1.76. The highest BCUT2D eigenvalue weighted by molar-refractivity contribution is 7.85. The van der Waals surface area contributed by atoms with Crippen LogP contribution < -0.4 is 0 Å². The Hall–Kier alpha value is -0.390. The van der Waals surface area contributed by atoms with E-state index < -0.39 is 35.8 Å². The molecule has 0 unspecified atom stereocenters. The van der Waals surface area contributed by atoms with Gasteiger partial charge in [0.1, 0.15) is 0 Å². The molecule has 12 nitrogen and oxygen atoms in total. The molecule has 0 heterocycles. The van der Waals surface area contributed by atoms with Crippen LogP contribution in [0.3, 0.4) is 0 Å². The smallest absolute Gasteiger partial charge is 0.261 e. The van der Waals surface area contributed by atoms with Crippen LogP contribution in [0.4, 0.5) is 0 Å². The third kappa shape index (κ3) is 68.1. The Morgan fingerprint density at radius 2 is 0.750 bits per heavy atom. The molecule has 0 fully saturated rings. The number of aliphatic hydroxyl groups is 3. The molecule has 0 aromatic carbocycles. The molecule has 15 heteroatoms. The fraction of sp³-hybridized carbons (Fsp3) is 1.00. The average Bonchev–Trinajstić information content (AvgIpc) is 2.26. The van der Waals surface area contributed by atoms with Gasteiger partial charge in [0.15, 0.2) is 0 Å². The summed E-state index contributed by atoms with van der Waals surface area (Å²) >= 11 is 0. The fourth-order valence-electron chi connectivity index (χ4n) is 0.485. The van der Waals surface area contributed by atoms with Gasteiger partial charge in [0.05, 0.1) is 38.6 Å². The van der Waals surface area contributed by atoms with Crippen LogP contribution >= 0.6 is 0 Å². The lowest BCUT2D eigenvalue weighted by Crippen LogP contribution is -2.32. The van der Waals surface area contributed by atoms with E-state index in [4.69, 9.17) is 29.0 Å². The summed E-state index contributed by atoms with van der Waals surface area (Å²) in [5.74, 6) is 0. The van der Waals surface area contributed by atoms with Crippen LogP contribution in [0.1, 0.15) is 13.3 Å². The molecule has 24 heavy (non-hydrogen) atoms. The maximum atomic E-state index is 9.19. The van der Waals surface area contributed by atoms with Crippen LogP contribution in [0, 0.1) is 5.41 Å². The van der Waals surface area contributed by atoms with E-state index in [1.807, 2.05) is 6.92 Å². The summed E-state index contributed by atoms with van der Waals surface area (Å²) in [4.78, 5) is 0. The molecule has 0 amide bonds. The summed E-state index contributed by atoms with van der Waals surface area (Å²) in [5, 5.41) is 26.0. The van der Waals surface area contributed by atoms with Gasteiger partial charge in [-0.05, 0) is 6.42 Å². The predicted octanol–water partition coefficient (Wildman–Crippen LogP) is -2.13. The van der Waals surface area contributed by atoms with Crippen molar-refractivity contribution in [3.8, 4) is 0 Å². The van der Waals surface area contributed by atoms with Gasteiger partial charge in [-0.3, -0.25) is 13.7 Å². The highest BCUT2D eigenvalue weighted by Gasteiger charge is 2.24. The Morgan fingerprint density at radius 3 is 0.750 bits per heavy atom. The molecule has 152 valence electrons. The third-order valence-corrected chi connectivity index (χ3v) is 1.76. The first-order valence-electron chi connectivity index (χ1n) is 5.84. The normalized spacial score (nSPS) is 11.8. The van der Waals surface area contributed by atoms with Gasteiger partial charge in [-0.15, -0.1) is 0 Å². The van der Waals surface area contributed by atoms with Gasteiger partial charge in [-0.2, -0.15) is 25.3 Å². The molecule has 0 aliphatic carbocycles. The molecule has 0 aliphatic heterocycles. The molecule has 0 bridgehead atoms. The minimum Gasteiger partial charge on any atom is -0.396 e. The van der Waals surface area contributed by atoms with Gasteiger partial charge in [-0.1, -0.05) is 6.92 Å². The summed E-state index contributed by atoms with van der Waals surface area (Å²) in [6, 6.07) is 0. The molecule has 0 rings (SSSR count). The molecule has 0 aliphatic rings. The Labute approximate surface area is 142 Å². The zero-order valence-electron chi connectivity index (χ0n) is 13.7. The van der Waals surface area contributed by atoms with Crippen LogP contribution in [0.2, 0.25) is 0 Å². The Morgan fingerprint density at radius 1 is 0.625 bits per heavy atom. The highest BCUT2D eigenvalue weighted by Crippen LogP contribution is 2.18. The van der Waals surface area contributed by atoms with Crippen LogP contribution in [-0.2, 0) is 30.4 Å². The summed E-state index contributed by atoms with van der Waals surface area (Å²) < 4.78 is 77.6. The highest BCUT2D eigenvalue weighted by atomic mass is 32.2. The lowest BCUT2D eigenvalue weighted by Gasteiger charge is -2.24. The SMILES string of the molecule is CCC(CO)(CO)CO.CS(=O)(=O)O.CS(=O)(=O)O.CS(=O)(=O)O. The molecule has 0 saturated heterocycles. The first-order chi connectivity index (χ1) is 10.2. The van der Waals surface area contributed by atoms with Gasteiger partial charge < -0.3 is 15.3 Å². The number of aliphatic hydroxyl groups excluding tert-OH is 3. The predicted molar refractivity (Wildman–Crippen MR) is 86.4 cm³/mol. The van der Waals surface area contributed by atoms with Crippen LogP contribution in [0.15, 0.2) is 0 Å². The van der Waals surface area contributed by atoms with E-state index in [9.17, 15) is 25.3 Å². The molecule has 0 aromatic heterocycles. The first kappa shape index (κ1) is 31.4.